The van der Waals surface area contributed by atoms with E-state index in [2.05, 4.69) is 50.7 Å². The Kier molecular flexibility index (Phi) is 6.70. The highest BCUT2D eigenvalue weighted by Gasteiger charge is 2.10. The van der Waals surface area contributed by atoms with Crippen molar-refractivity contribution >= 4 is 27.3 Å². The van der Waals surface area contributed by atoms with E-state index in [1.807, 2.05) is 29.8 Å². The minimum absolute atomic E-state index is 0.542. The van der Waals surface area contributed by atoms with Crippen LogP contribution in [-0.4, -0.2) is 17.6 Å². The van der Waals surface area contributed by atoms with Gasteiger partial charge in [-0.15, -0.1) is 11.3 Å². The first kappa shape index (κ1) is 15.7. The van der Waals surface area contributed by atoms with Gasteiger partial charge >= 0.3 is 0 Å². The Morgan fingerprint density at radius 2 is 2.35 bits per heavy atom. The standard InChI is InChI=1S/C16H21BrN2S/c1-2-7-19-15(10-16-9-14(17)12-20-16)6-5-13-4-3-8-18-11-13/h3-4,8-9,11-12,15,19H,2,5-7,10H2,1H3. The third kappa shape index (κ3) is 5.35. The highest BCUT2D eigenvalue weighted by molar-refractivity contribution is 9.10. The fourth-order valence-corrected chi connectivity index (χ4v) is 3.75. The summed E-state index contributed by atoms with van der Waals surface area (Å²) in [4.78, 5) is 5.63. The van der Waals surface area contributed by atoms with Crippen molar-refractivity contribution in [2.24, 2.45) is 0 Å². The summed E-state index contributed by atoms with van der Waals surface area (Å²) in [5.74, 6) is 0. The van der Waals surface area contributed by atoms with Crippen molar-refractivity contribution in [1.82, 2.24) is 10.3 Å². The van der Waals surface area contributed by atoms with Crippen molar-refractivity contribution in [3.63, 3.8) is 0 Å². The molecule has 0 aliphatic rings. The minimum atomic E-state index is 0.542. The molecule has 0 saturated carbocycles. The third-order valence-electron chi connectivity index (χ3n) is 3.26. The van der Waals surface area contributed by atoms with Crippen LogP contribution < -0.4 is 5.32 Å². The molecule has 0 fully saturated rings. The molecule has 0 spiro atoms. The second-order valence-corrected chi connectivity index (χ2v) is 6.90. The maximum atomic E-state index is 4.19. The molecule has 1 unspecified atom stereocenters. The molecule has 2 nitrogen and oxygen atoms in total. The summed E-state index contributed by atoms with van der Waals surface area (Å²) in [5, 5.41) is 5.83. The van der Waals surface area contributed by atoms with Gasteiger partial charge in [-0.2, -0.15) is 0 Å². The molecule has 2 aromatic heterocycles. The molecule has 108 valence electrons. The van der Waals surface area contributed by atoms with Crippen LogP contribution in [0.3, 0.4) is 0 Å². The van der Waals surface area contributed by atoms with Crippen molar-refractivity contribution < 1.29 is 0 Å². The zero-order chi connectivity index (χ0) is 14.2. The van der Waals surface area contributed by atoms with Gasteiger partial charge in [0.15, 0.2) is 0 Å². The lowest BCUT2D eigenvalue weighted by Gasteiger charge is -2.17. The molecule has 1 atom stereocenters. The summed E-state index contributed by atoms with van der Waals surface area (Å²) in [5.41, 5.74) is 1.32. The van der Waals surface area contributed by atoms with E-state index in [9.17, 15) is 0 Å². The van der Waals surface area contributed by atoms with Gasteiger partial charge in [-0.3, -0.25) is 4.98 Å². The number of rotatable bonds is 8. The monoisotopic (exact) mass is 352 g/mol. The number of aryl methyl sites for hydroxylation is 1. The van der Waals surface area contributed by atoms with Gasteiger partial charge in [-0.05, 0) is 65.9 Å². The van der Waals surface area contributed by atoms with Gasteiger partial charge in [-0.25, -0.2) is 0 Å². The average Bonchev–Trinajstić information content (AvgIpc) is 2.88. The molecule has 0 amide bonds. The van der Waals surface area contributed by atoms with E-state index in [1.54, 1.807) is 0 Å². The highest BCUT2D eigenvalue weighted by Crippen LogP contribution is 2.22. The van der Waals surface area contributed by atoms with E-state index in [0.717, 1.165) is 25.8 Å². The Hall–Kier alpha value is -0.710. The van der Waals surface area contributed by atoms with Gasteiger partial charge < -0.3 is 5.32 Å². The predicted molar refractivity (Wildman–Crippen MR) is 90.4 cm³/mol. The maximum absolute atomic E-state index is 4.19. The van der Waals surface area contributed by atoms with E-state index in [-0.39, 0.29) is 0 Å². The van der Waals surface area contributed by atoms with Crippen LogP contribution in [0, 0.1) is 0 Å². The molecule has 2 rings (SSSR count). The molecule has 0 radical (unpaired) electrons. The maximum Gasteiger partial charge on any atom is 0.0299 e. The molecule has 0 aliphatic heterocycles. The lowest BCUT2D eigenvalue weighted by atomic mass is 10.0. The smallest absolute Gasteiger partial charge is 0.0299 e. The largest absolute Gasteiger partial charge is 0.314 e. The van der Waals surface area contributed by atoms with Gasteiger partial charge in [0, 0.05) is 33.2 Å². The minimum Gasteiger partial charge on any atom is -0.314 e. The highest BCUT2D eigenvalue weighted by atomic mass is 79.9. The third-order valence-corrected chi connectivity index (χ3v) is 4.98. The van der Waals surface area contributed by atoms with Crippen LogP contribution in [0.15, 0.2) is 40.4 Å². The van der Waals surface area contributed by atoms with E-state index < -0.39 is 0 Å². The number of nitrogens with one attached hydrogen (secondary N) is 1. The Balaban J connectivity index is 1.89. The van der Waals surface area contributed by atoms with Crippen LogP contribution in [0.1, 0.15) is 30.2 Å². The number of nitrogens with zero attached hydrogens (tertiary/aromatic N) is 1. The molecule has 0 aromatic carbocycles. The van der Waals surface area contributed by atoms with Gasteiger partial charge in [0.1, 0.15) is 0 Å². The van der Waals surface area contributed by atoms with Gasteiger partial charge in [0.25, 0.3) is 0 Å². The van der Waals surface area contributed by atoms with Crippen molar-refractivity contribution in [3.05, 3.63) is 50.9 Å². The van der Waals surface area contributed by atoms with Crippen molar-refractivity contribution in [2.45, 2.75) is 38.6 Å². The zero-order valence-electron chi connectivity index (χ0n) is 11.8. The predicted octanol–water partition coefficient (Wildman–Crippen LogP) is 4.45. The van der Waals surface area contributed by atoms with Gasteiger partial charge in [0.05, 0.1) is 0 Å². The first-order chi connectivity index (χ1) is 9.78. The van der Waals surface area contributed by atoms with E-state index >= 15 is 0 Å². The fraction of sp³-hybridized carbons (Fsp3) is 0.438. The number of pyridine rings is 1. The summed E-state index contributed by atoms with van der Waals surface area (Å²) in [7, 11) is 0. The summed E-state index contributed by atoms with van der Waals surface area (Å²) in [6.07, 6.45) is 8.33. The first-order valence-electron chi connectivity index (χ1n) is 7.13. The Morgan fingerprint density at radius 3 is 3.00 bits per heavy atom. The molecule has 2 heterocycles. The zero-order valence-corrected chi connectivity index (χ0v) is 14.2. The van der Waals surface area contributed by atoms with E-state index in [0.29, 0.717) is 6.04 Å². The van der Waals surface area contributed by atoms with Crippen LogP contribution in [0.2, 0.25) is 0 Å². The van der Waals surface area contributed by atoms with Crippen LogP contribution >= 0.6 is 27.3 Å². The second-order valence-electron chi connectivity index (χ2n) is 4.99. The quantitative estimate of drug-likeness (QED) is 0.758. The molecule has 0 aliphatic carbocycles. The number of thiophene rings is 1. The van der Waals surface area contributed by atoms with E-state index in [4.69, 9.17) is 0 Å². The summed E-state index contributed by atoms with van der Waals surface area (Å²) in [6.45, 7) is 3.30. The lowest BCUT2D eigenvalue weighted by molar-refractivity contribution is 0.480. The average molecular weight is 353 g/mol. The molecule has 1 N–H and O–H groups in total. The number of hydrogen-bond acceptors (Lipinski definition) is 3. The summed E-state index contributed by atoms with van der Waals surface area (Å²) < 4.78 is 1.19. The lowest BCUT2D eigenvalue weighted by Crippen LogP contribution is -2.32. The summed E-state index contributed by atoms with van der Waals surface area (Å²) >= 11 is 5.37. The molecule has 2 aromatic rings. The van der Waals surface area contributed by atoms with Crippen molar-refractivity contribution in [1.29, 1.82) is 0 Å². The molecule has 0 saturated heterocycles. The topological polar surface area (TPSA) is 24.9 Å². The first-order valence-corrected chi connectivity index (χ1v) is 8.80. The fourth-order valence-electron chi connectivity index (χ4n) is 2.22. The summed E-state index contributed by atoms with van der Waals surface area (Å²) in [6, 6.07) is 6.95. The Morgan fingerprint density at radius 1 is 1.45 bits per heavy atom. The second kappa shape index (κ2) is 8.55. The van der Waals surface area contributed by atoms with Crippen molar-refractivity contribution in [3.8, 4) is 0 Å². The normalized spacial score (nSPS) is 12.5. The molecular formula is C16H21BrN2S. The van der Waals surface area contributed by atoms with Crippen LogP contribution in [0.4, 0.5) is 0 Å². The van der Waals surface area contributed by atoms with Gasteiger partial charge in [-0.1, -0.05) is 13.0 Å². The number of hydrogen-bond donors (Lipinski definition) is 1. The van der Waals surface area contributed by atoms with E-state index in [1.165, 1.54) is 21.3 Å². The Bertz CT molecular complexity index is 498. The molecule has 0 bridgehead atoms. The number of halogens is 1. The van der Waals surface area contributed by atoms with Crippen LogP contribution in [0.25, 0.3) is 0 Å². The Labute approximate surface area is 133 Å². The molecular weight excluding hydrogens is 332 g/mol. The van der Waals surface area contributed by atoms with Gasteiger partial charge in [0.2, 0.25) is 0 Å². The van der Waals surface area contributed by atoms with Crippen LogP contribution in [-0.2, 0) is 12.8 Å². The van der Waals surface area contributed by atoms with Crippen molar-refractivity contribution in [2.75, 3.05) is 6.54 Å². The SMILES string of the molecule is CCCNC(CCc1cccnc1)Cc1cc(Br)cs1. The molecule has 4 heteroatoms. The number of aromatic nitrogens is 1. The molecule has 20 heavy (non-hydrogen) atoms. The van der Waals surface area contributed by atoms with Crippen LogP contribution in [0.5, 0.6) is 0 Å².